The number of fused-ring (bicyclic) bond motifs is 1. The first-order valence-electron chi connectivity index (χ1n) is 12.1. The monoisotopic (exact) mass is 431 g/mol. The van der Waals surface area contributed by atoms with E-state index in [4.69, 9.17) is 4.74 Å². The van der Waals surface area contributed by atoms with Crippen LogP contribution in [0.5, 0.6) is 0 Å². The van der Waals surface area contributed by atoms with E-state index in [1.165, 1.54) is 47.6 Å². The number of ether oxygens (including phenoxy) is 1. The molecule has 170 valence electrons. The Morgan fingerprint density at radius 1 is 0.938 bits per heavy atom. The molecule has 2 N–H and O–H groups in total. The van der Waals surface area contributed by atoms with Gasteiger partial charge < -0.3 is 15.2 Å². The van der Waals surface area contributed by atoms with Crippen LogP contribution >= 0.6 is 0 Å². The molecular weight excluding hydrogens is 394 g/mol. The first-order chi connectivity index (χ1) is 15.5. The van der Waals surface area contributed by atoms with E-state index in [0.29, 0.717) is 19.1 Å². The second-order valence-electron chi connectivity index (χ2n) is 9.99. The molecule has 0 bridgehead atoms. The summed E-state index contributed by atoms with van der Waals surface area (Å²) in [6.45, 7) is 5.27. The average molecular weight is 432 g/mol. The molecule has 1 unspecified atom stereocenters. The normalized spacial score (nSPS) is 17.0. The Kier molecular flexibility index (Phi) is 7.62. The van der Waals surface area contributed by atoms with Crippen LogP contribution in [0, 0.1) is 5.92 Å². The van der Waals surface area contributed by atoms with Crippen LogP contribution in [0.3, 0.4) is 0 Å². The zero-order valence-electron chi connectivity index (χ0n) is 19.5. The minimum atomic E-state index is -0.529. The second-order valence-corrected chi connectivity index (χ2v) is 9.99. The Morgan fingerprint density at radius 3 is 2.38 bits per heavy atom. The van der Waals surface area contributed by atoms with Gasteiger partial charge in [0, 0.05) is 12.1 Å². The quantitative estimate of drug-likeness (QED) is 0.410. The van der Waals surface area contributed by atoms with Gasteiger partial charge in [-0.05, 0) is 60.9 Å². The molecule has 0 amide bonds. The van der Waals surface area contributed by atoms with Gasteiger partial charge in [0.25, 0.3) is 0 Å². The first-order valence-corrected chi connectivity index (χ1v) is 12.1. The molecule has 0 aromatic heterocycles. The number of aliphatic hydroxyl groups is 1. The van der Waals surface area contributed by atoms with Gasteiger partial charge in [0.2, 0.25) is 0 Å². The Bertz CT molecular complexity index is 979. The van der Waals surface area contributed by atoms with E-state index in [1.54, 1.807) is 0 Å². The topological polar surface area (TPSA) is 41.5 Å². The highest BCUT2D eigenvalue weighted by atomic mass is 16.5. The van der Waals surface area contributed by atoms with Crippen LogP contribution in [-0.2, 0) is 11.2 Å². The van der Waals surface area contributed by atoms with Crippen molar-refractivity contribution in [3.63, 3.8) is 0 Å². The van der Waals surface area contributed by atoms with Crippen LogP contribution < -0.4 is 5.32 Å². The number of rotatable bonds is 10. The van der Waals surface area contributed by atoms with Crippen molar-refractivity contribution in [2.45, 2.75) is 63.7 Å². The predicted molar refractivity (Wildman–Crippen MR) is 133 cm³/mol. The maximum atomic E-state index is 10.7. The molecular formula is C29H37NO2. The number of hydrogen-bond donors (Lipinski definition) is 2. The molecule has 4 rings (SSSR count). The third-order valence-electron chi connectivity index (χ3n) is 6.70. The summed E-state index contributed by atoms with van der Waals surface area (Å²) >= 11 is 0. The number of nitrogens with one attached hydrogen (secondary N) is 1. The fourth-order valence-electron chi connectivity index (χ4n) is 5.00. The molecule has 0 spiro atoms. The number of hydrogen-bond acceptors (Lipinski definition) is 3. The largest absolute Gasteiger partial charge is 0.389 e. The molecule has 0 aliphatic heterocycles. The minimum absolute atomic E-state index is 0.0824. The lowest BCUT2D eigenvalue weighted by Gasteiger charge is -2.29. The average Bonchev–Trinajstić information content (AvgIpc) is 3.33. The van der Waals surface area contributed by atoms with Crippen molar-refractivity contribution < 1.29 is 9.84 Å². The van der Waals surface area contributed by atoms with Crippen molar-refractivity contribution in [3.8, 4) is 0 Å². The lowest BCUT2D eigenvalue weighted by atomic mass is 9.93. The maximum Gasteiger partial charge on any atom is 0.0898 e. The highest BCUT2D eigenvalue weighted by Gasteiger charge is 2.28. The third kappa shape index (κ3) is 6.19. The molecule has 0 heterocycles. The number of β-amino-alcohol motifs (C(OH)–C–C–N with tert-alkyl or cyclic N) is 1. The van der Waals surface area contributed by atoms with Crippen molar-refractivity contribution in [2.75, 3.05) is 13.2 Å². The van der Waals surface area contributed by atoms with Crippen LogP contribution in [-0.4, -0.2) is 29.9 Å². The summed E-state index contributed by atoms with van der Waals surface area (Å²) in [7, 11) is 0. The summed E-state index contributed by atoms with van der Waals surface area (Å²) in [5.74, 6) is 0.557. The fourth-order valence-corrected chi connectivity index (χ4v) is 5.00. The van der Waals surface area contributed by atoms with E-state index in [1.807, 2.05) is 6.07 Å². The minimum Gasteiger partial charge on any atom is -0.389 e. The van der Waals surface area contributed by atoms with E-state index >= 15 is 0 Å². The zero-order valence-corrected chi connectivity index (χ0v) is 19.5. The van der Waals surface area contributed by atoms with Crippen molar-refractivity contribution in [1.29, 1.82) is 0 Å². The van der Waals surface area contributed by atoms with Gasteiger partial charge in [-0.2, -0.15) is 0 Å². The summed E-state index contributed by atoms with van der Waals surface area (Å²) in [6.07, 6.45) is 5.45. The second kappa shape index (κ2) is 10.6. The van der Waals surface area contributed by atoms with Crippen molar-refractivity contribution >= 4 is 10.8 Å². The van der Waals surface area contributed by atoms with Crippen LogP contribution in [0.4, 0.5) is 0 Å². The zero-order chi connectivity index (χ0) is 22.4. The van der Waals surface area contributed by atoms with Gasteiger partial charge in [-0.25, -0.2) is 0 Å². The van der Waals surface area contributed by atoms with Gasteiger partial charge in [0.15, 0.2) is 0 Å². The molecule has 3 nitrogen and oxygen atoms in total. The van der Waals surface area contributed by atoms with Crippen molar-refractivity contribution in [1.82, 2.24) is 5.32 Å². The molecule has 3 aromatic carbocycles. The summed E-state index contributed by atoms with van der Waals surface area (Å²) in [5, 5.41) is 16.8. The molecule has 2 atom stereocenters. The van der Waals surface area contributed by atoms with Gasteiger partial charge in [0.1, 0.15) is 0 Å². The maximum absolute atomic E-state index is 10.7. The summed E-state index contributed by atoms with van der Waals surface area (Å²) in [6, 6.07) is 25.6. The highest BCUT2D eigenvalue weighted by Crippen LogP contribution is 2.38. The Balaban J connectivity index is 1.30. The molecule has 0 radical (unpaired) electrons. The first kappa shape index (κ1) is 23.0. The van der Waals surface area contributed by atoms with Crippen LogP contribution in [0.2, 0.25) is 0 Å². The lowest BCUT2D eigenvalue weighted by Crippen LogP contribution is -2.46. The molecule has 1 saturated carbocycles. The number of benzene rings is 3. The number of aliphatic hydroxyl groups excluding tert-OH is 1. The highest BCUT2D eigenvalue weighted by molar-refractivity contribution is 5.83. The van der Waals surface area contributed by atoms with Gasteiger partial charge in [-0.1, -0.05) is 85.6 Å². The summed E-state index contributed by atoms with van der Waals surface area (Å²) < 4.78 is 6.32. The molecule has 3 aromatic rings. The Labute approximate surface area is 192 Å². The van der Waals surface area contributed by atoms with Crippen LogP contribution in [0.15, 0.2) is 72.8 Å². The lowest BCUT2D eigenvalue weighted by molar-refractivity contribution is -0.0363. The Morgan fingerprint density at radius 2 is 1.62 bits per heavy atom. The van der Waals surface area contributed by atoms with Gasteiger partial charge in [-0.15, -0.1) is 0 Å². The van der Waals surface area contributed by atoms with E-state index in [0.717, 1.165) is 6.42 Å². The van der Waals surface area contributed by atoms with Gasteiger partial charge >= 0.3 is 0 Å². The van der Waals surface area contributed by atoms with E-state index < -0.39 is 6.10 Å². The van der Waals surface area contributed by atoms with E-state index in [2.05, 4.69) is 85.9 Å². The Hall–Kier alpha value is -2.20. The van der Waals surface area contributed by atoms with Crippen molar-refractivity contribution in [2.24, 2.45) is 5.92 Å². The molecule has 1 aliphatic carbocycles. The van der Waals surface area contributed by atoms with Crippen molar-refractivity contribution in [3.05, 3.63) is 83.9 Å². The van der Waals surface area contributed by atoms with Crippen LogP contribution in [0.25, 0.3) is 10.8 Å². The SMILES string of the molecule is CC(C)(Cc1ccc2ccccc2c1)NC[C@@H](O)COC(c1ccccc1)C1CCCC1. The molecule has 32 heavy (non-hydrogen) atoms. The standard InChI is InChI=1S/C29H37NO2/c1-29(2,19-22-16-17-23-10-6-9-15-26(23)18-22)30-20-27(31)21-32-28(25-13-7-8-14-25)24-11-4-3-5-12-24/h3-6,9-12,15-18,25,27-28,30-31H,7-8,13-14,19-21H2,1-2H3/t27-,28?/m1/s1. The molecule has 3 heteroatoms. The van der Waals surface area contributed by atoms with E-state index in [-0.39, 0.29) is 11.6 Å². The summed E-state index contributed by atoms with van der Waals surface area (Å²) in [4.78, 5) is 0. The summed E-state index contributed by atoms with van der Waals surface area (Å²) in [5.41, 5.74) is 2.42. The molecule has 1 fully saturated rings. The fraction of sp³-hybridized carbons (Fsp3) is 0.448. The predicted octanol–water partition coefficient (Wildman–Crippen LogP) is 6.06. The van der Waals surface area contributed by atoms with Crippen LogP contribution in [0.1, 0.15) is 56.8 Å². The smallest absolute Gasteiger partial charge is 0.0898 e. The van der Waals surface area contributed by atoms with E-state index in [9.17, 15) is 5.11 Å². The van der Waals surface area contributed by atoms with Gasteiger partial charge in [-0.3, -0.25) is 0 Å². The third-order valence-corrected chi connectivity index (χ3v) is 6.70. The molecule has 0 saturated heterocycles. The molecule has 1 aliphatic rings. The van der Waals surface area contributed by atoms with Gasteiger partial charge in [0.05, 0.1) is 18.8 Å².